The molecule has 0 saturated carbocycles. The number of hydrogen-bond acceptors (Lipinski definition) is 3. The molecule has 3 nitrogen and oxygen atoms in total. The highest BCUT2D eigenvalue weighted by molar-refractivity contribution is 5.86. The van der Waals surface area contributed by atoms with E-state index in [1.54, 1.807) is 7.11 Å². The van der Waals surface area contributed by atoms with E-state index >= 15 is 0 Å². The van der Waals surface area contributed by atoms with Crippen molar-refractivity contribution in [2.24, 2.45) is 0 Å². The molecule has 0 radical (unpaired) electrons. The zero-order valence-electron chi connectivity index (χ0n) is 13.6. The molecule has 0 aliphatic carbocycles. The third kappa shape index (κ3) is 3.33. The lowest BCUT2D eigenvalue weighted by Crippen LogP contribution is -2.05. The first kappa shape index (κ1) is 15.9. The first-order valence-electron chi connectivity index (χ1n) is 7.96. The van der Waals surface area contributed by atoms with Crippen molar-refractivity contribution in [3.8, 4) is 17.6 Å². The summed E-state index contributed by atoms with van der Waals surface area (Å²) in [5.74, 6) is 1.21. The molecule has 0 heterocycles. The van der Waals surface area contributed by atoms with Crippen LogP contribution in [-0.2, 0) is 0 Å². The van der Waals surface area contributed by atoms with Crippen LogP contribution in [0.2, 0.25) is 0 Å². The zero-order chi connectivity index (χ0) is 16.8. The first-order valence-corrected chi connectivity index (χ1v) is 7.96. The van der Waals surface area contributed by atoms with Crippen molar-refractivity contribution < 1.29 is 9.47 Å². The Labute approximate surface area is 142 Å². The third-order valence-electron chi connectivity index (χ3n) is 4.09. The van der Waals surface area contributed by atoms with E-state index in [0.29, 0.717) is 24.5 Å². The molecular weight excluding hydrogens is 298 g/mol. The van der Waals surface area contributed by atoms with Crippen LogP contribution in [0.1, 0.15) is 17.9 Å². The van der Waals surface area contributed by atoms with Crippen LogP contribution in [0.15, 0.2) is 66.7 Å². The fourth-order valence-corrected chi connectivity index (χ4v) is 2.87. The molecule has 0 spiro atoms. The van der Waals surface area contributed by atoms with Crippen LogP contribution in [0.25, 0.3) is 10.8 Å². The SMILES string of the molecule is COc1ccccc1OCCC(C#N)c1cccc2ccccc12. The molecule has 0 fully saturated rings. The van der Waals surface area contributed by atoms with Gasteiger partial charge < -0.3 is 9.47 Å². The topological polar surface area (TPSA) is 42.2 Å². The maximum absolute atomic E-state index is 9.61. The summed E-state index contributed by atoms with van der Waals surface area (Å²) >= 11 is 0. The fourth-order valence-electron chi connectivity index (χ4n) is 2.87. The number of para-hydroxylation sites is 2. The number of nitriles is 1. The Morgan fingerprint density at radius 1 is 0.917 bits per heavy atom. The summed E-state index contributed by atoms with van der Waals surface area (Å²) < 4.78 is 11.1. The minimum absolute atomic E-state index is 0.203. The van der Waals surface area contributed by atoms with Crippen LogP contribution in [-0.4, -0.2) is 13.7 Å². The number of benzene rings is 3. The van der Waals surface area contributed by atoms with E-state index in [1.807, 2.05) is 48.5 Å². The van der Waals surface area contributed by atoms with Gasteiger partial charge >= 0.3 is 0 Å². The number of methoxy groups -OCH3 is 1. The lowest BCUT2D eigenvalue weighted by Gasteiger charge is -2.14. The van der Waals surface area contributed by atoms with E-state index in [2.05, 4.69) is 24.3 Å². The Morgan fingerprint density at radius 2 is 1.62 bits per heavy atom. The Morgan fingerprint density at radius 3 is 2.42 bits per heavy atom. The second kappa shape index (κ2) is 7.52. The second-order valence-corrected chi connectivity index (χ2v) is 5.54. The molecule has 0 aliphatic rings. The van der Waals surface area contributed by atoms with Crippen molar-refractivity contribution in [2.45, 2.75) is 12.3 Å². The van der Waals surface area contributed by atoms with Gasteiger partial charge in [-0.2, -0.15) is 5.26 Å². The van der Waals surface area contributed by atoms with E-state index in [0.717, 1.165) is 16.3 Å². The normalized spacial score (nSPS) is 11.7. The highest BCUT2D eigenvalue weighted by atomic mass is 16.5. The Hall–Kier alpha value is -2.99. The van der Waals surface area contributed by atoms with Gasteiger partial charge in [0, 0.05) is 6.42 Å². The Balaban J connectivity index is 1.74. The van der Waals surface area contributed by atoms with Crippen LogP contribution >= 0.6 is 0 Å². The molecule has 0 amide bonds. The summed E-state index contributed by atoms with van der Waals surface area (Å²) in [5.41, 5.74) is 1.05. The number of fused-ring (bicyclic) bond motifs is 1. The summed E-state index contributed by atoms with van der Waals surface area (Å²) in [4.78, 5) is 0. The van der Waals surface area contributed by atoms with Crippen molar-refractivity contribution >= 4 is 10.8 Å². The molecule has 3 rings (SSSR count). The Bertz CT molecular complexity index is 862. The fraction of sp³-hybridized carbons (Fsp3) is 0.190. The molecule has 0 bridgehead atoms. The van der Waals surface area contributed by atoms with Crippen molar-refractivity contribution in [3.63, 3.8) is 0 Å². The Kier molecular flexibility index (Phi) is 4.98. The van der Waals surface area contributed by atoms with Gasteiger partial charge in [-0.3, -0.25) is 0 Å². The number of ether oxygens (including phenoxy) is 2. The van der Waals surface area contributed by atoms with Gasteiger partial charge in [0.2, 0.25) is 0 Å². The summed E-state index contributed by atoms with van der Waals surface area (Å²) in [7, 11) is 1.62. The van der Waals surface area contributed by atoms with Crippen LogP contribution < -0.4 is 9.47 Å². The maximum Gasteiger partial charge on any atom is 0.161 e. The second-order valence-electron chi connectivity index (χ2n) is 5.54. The summed E-state index contributed by atoms with van der Waals surface area (Å²) in [6.45, 7) is 0.460. The minimum Gasteiger partial charge on any atom is -0.493 e. The van der Waals surface area contributed by atoms with Gasteiger partial charge in [0.15, 0.2) is 11.5 Å². The number of nitrogens with zero attached hydrogens (tertiary/aromatic N) is 1. The van der Waals surface area contributed by atoms with Gasteiger partial charge in [-0.15, -0.1) is 0 Å². The highest BCUT2D eigenvalue weighted by Crippen LogP contribution is 2.29. The van der Waals surface area contributed by atoms with Crippen molar-refractivity contribution in [2.75, 3.05) is 13.7 Å². The van der Waals surface area contributed by atoms with Crippen molar-refractivity contribution in [1.29, 1.82) is 5.26 Å². The molecule has 3 heteroatoms. The van der Waals surface area contributed by atoms with Gasteiger partial charge in [-0.1, -0.05) is 54.6 Å². The largest absolute Gasteiger partial charge is 0.493 e. The van der Waals surface area contributed by atoms with Gasteiger partial charge in [-0.05, 0) is 28.5 Å². The third-order valence-corrected chi connectivity index (χ3v) is 4.09. The molecule has 0 aliphatic heterocycles. The van der Waals surface area contributed by atoms with Crippen molar-refractivity contribution in [1.82, 2.24) is 0 Å². The molecule has 1 atom stereocenters. The van der Waals surface area contributed by atoms with Crippen LogP contribution in [0.5, 0.6) is 11.5 Å². The molecule has 3 aromatic rings. The molecule has 0 saturated heterocycles. The summed E-state index contributed by atoms with van der Waals surface area (Å²) in [5, 5.41) is 11.9. The zero-order valence-corrected chi connectivity index (χ0v) is 13.6. The van der Waals surface area contributed by atoms with Crippen LogP contribution in [0.4, 0.5) is 0 Å². The predicted octanol–water partition coefficient (Wildman–Crippen LogP) is 4.92. The monoisotopic (exact) mass is 317 g/mol. The molecule has 3 aromatic carbocycles. The standard InChI is InChI=1S/C21H19NO2/c1-23-20-11-4-5-12-21(20)24-14-13-17(15-22)19-10-6-8-16-7-2-3-9-18(16)19/h2-12,17H,13-14H2,1H3. The molecule has 120 valence electrons. The van der Waals surface area contributed by atoms with E-state index < -0.39 is 0 Å². The van der Waals surface area contributed by atoms with Crippen LogP contribution in [0.3, 0.4) is 0 Å². The predicted molar refractivity (Wildman–Crippen MR) is 95.4 cm³/mol. The lowest BCUT2D eigenvalue weighted by molar-refractivity contribution is 0.286. The molecule has 0 aromatic heterocycles. The van der Waals surface area contributed by atoms with Gasteiger partial charge in [0.1, 0.15) is 0 Å². The first-order chi connectivity index (χ1) is 11.8. The summed E-state index contributed by atoms with van der Waals surface area (Å²) in [6.07, 6.45) is 0.628. The minimum atomic E-state index is -0.203. The van der Waals surface area contributed by atoms with Gasteiger partial charge in [0.25, 0.3) is 0 Å². The smallest absolute Gasteiger partial charge is 0.161 e. The quantitative estimate of drug-likeness (QED) is 0.647. The number of rotatable bonds is 6. The summed E-state index contributed by atoms with van der Waals surface area (Å²) in [6, 6.07) is 24.2. The van der Waals surface area contributed by atoms with Gasteiger partial charge in [-0.25, -0.2) is 0 Å². The maximum atomic E-state index is 9.61. The molecular formula is C21H19NO2. The molecule has 1 unspecified atom stereocenters. The van der Waals surface area contributed by atoms with E-state index in [-0.39, 0.29) is 5.92 Å². The average Bonchev–Trinajstić information content (AvgIpc) is 2.65. The van der Waals surface area contributed by atoms with E-state index in [1.165, 1.54) is 0 Å². The lowest BCUT2D eigenvalue weighted by atomic mass is 9.92. The molecule has 24 heavy (non-hydrogen) atoms. The average molecular weight is 317 g/mol. The van der Waals surface area contributed by atoms with Gasteiger partial charge in [0.05, 0.1) is 25.7 Å². The van der Waals surface area contributed by atoms with E-state index in [4.69, 9.17) is 9.47 Å². The number of hydrogen-bond donors (Lipinski definition) is 0. The van der Waals surface area contributed by atoms with E-state index in [9.17, 15) is 5.26 Å². The highest BCUT2D eigenvalue weighted by Gasteiger charge is 2.14. The molecule has 0 N–H and O–H groups in total. The van der Waals surface area contributed by atoms with Crippen LogP contribution in [0, 0.1) is 11.3 Å². The van der Waals surface area contributed by atoms with Crippen molar-refractivity contribution in [3.05, 3.63) is 72.3 Å².